The minimum atomic E-state index is -0.108. The van der Waals surface area contributed by atoms with Gasteiger partial charge in [-0.3, -0.25) is 0 Å². The van der Waals surface area contributed by atoms with E-state index in [1.165, 1.54) is 0 Å². The normalized spacial score (nSPS) is 20.5. The molecule has 7 nitrogen and oxygen atoms in total. The Labute approximate surface area is 159 Å². The molecule has 0 radical (unpaired) electrons. The Kier molecular flexibility index (Phi) is 5.38. The number of piperidine rings is 1. The highest BCUT2D eigenvalue weighted by molar-refractivity contribution is 5.85. The highest BCUT2D eigenvalue weighted by Gasteiger charge is 2.25. The van der Waals surface area contributed by atoms with Gasteiger partial charge in [-0.05, 0) is 50.4 Å². The van der Waals surface area contributed by atoms with Crippen LogP contribution in [-0.4, -0.2) is 39.3 Å². The van der Waals surface area contributed by atoms with Crippen molar-refractivity contribution < 1.29 is 4.84 Å². The number of oxime groups is 1. The second-order valence-corrected chi connectivity index (χ2v) is 7.39. The van der Waals surface area contributed by atoms with Crippen molar-refractivity contribution in [3.8, 4) is 5.69 Å². The molecule has 4 rings (SSSR count). The van der Waals surface area contributed by atoms with Gasteiger partial charge >= 0.3 is 5.69 Å². The number of hydrogen-bond donors (Lipinski definition) is 1. The first kappa shape index (κ1) is 18.0. The fourth-order valence-corrected chi connectivity index (χ4v) is 3.87. The molecule has 0 bridgehead atoms. The molecule has 0 saturated carbocycles. The van der Waals surface area contributed by atoms with Gasteiger partial charge in [0.1, 0.15) is 5.82 Å². The van der Waals surface area contributed by atoms with Crippen LogP contribution >= 0.6 is 0 Å². The van der Waals surface area contributed by atoms with Gasteiger partial charge in [-0.15, -0.1) is 0 Å². The highest BCUT2D eigenvalue weighted by Crippen LogP contribution is 2.19. The highest BCUT2D eigenvalue weighted by atomic mass is 16.6. The Morgan fingerprint density at radius 3 is 2.70 bits per heavy atom. The summed E-state index contributed by atoms with van der Waals surface area (Å²) in [5.41, 5.74) is 1.82. The van der Waals surface area contributed by atoms with Crippen LogP contribution in [0.4, 0.5) is 0 Å². The predicted octanol–water partition coefficient (Wildman–Crippen LogP) is 2.13. The standard InChI is InChI=1S/C20H27N5O2/c1-2-16-13-18(27-23-16)14-24-20(26)25(17-6-4-3-5-7-17)19(22-24)12-15-8-10-21-11-9-15/h3-7,15,18,21H,2,8-14H2,1H3/t18-/m1/s1. The van der Waals surface area contributed by atoms with Crippen LogP contribution < -0.4 is 11.0 Å². The summed E-state index contributed by atoms with van der Waals surface area (Å²) in [5.74, 6) is 1.40. The Bertz CT molecular complexity index is 849. The van der Waals surface area contributed by atoms with E-state index < -0.39 is 0 Å². The zero-order valence-electron chi connectivity index (χ0n) is 15.8. The van der Waals surface area contributed by atoms with Crippen LogP contribution in [-0.2, 0) is 17.8 Å². The van der Waals surface area contributed by atoms with Crippen LogP contribution in [0.5, 0.6) is 0 Å². The molecule has 0 unspecified atom stereocenters. The summed E-state index contributed by atoms with van der Waals surface area (Å²) in [6, 6.07) is 9.79. The molecular weight excluding hydrogens is 342 g/mol. The van der Waals surface area contributed by atoms with E-state index in [2.05, 4.69) is 17.4 Å². The molecule has 144 valence electrons. The van der Waals surface area contributed by atoms with E-state index in [4.69, 9.17) is 9.94 Å². The van der Waals surface area contributed by atoms with Gasteiger partial charge in [-0.1, -0.05) is 30.3 Å². The van der Waals surface area contributed by atoms with Crippen molar-refractivity contribution >= 4 is 5.71 Å². The van der Waals surface area contributed by atoms with E-state index in [0.29, 0.717) is 12.5 Å². The Balaban J connectivity index is 1.61. The molecule has 0 amide bonds. The van der Waals surface area contributed by atoms with Crippen molar-refractivity contribution in [3.05, 3.63) is 46.6 Å². The lowest BCUT2D eigenvalue weighted by Crippen LogP contribution is -2.30. The van der Waals surface area contributed by atoms with Gasteiger partial charge in [-0.25, -0.2) is 14.0 Å². The van der Waals surface area contributed by atoms with Gasteiger partial charge in [0, 0.05) is 12.8 Å². The van der Waals surface area contributed by atoms with E-state index >= 15 is 0 Å². The Hall–Kier alpha value is -2.41. The average molecular weight is 369 g/mol. The molecule has 1 saturated heterocycles. The van der Waals surface area contributed by atoms with Crippen LogP contribution in [0.25, 0.3) is 5.69 Å². The maximum absolute atomic E-state index is 13.1. The molecule has 1 N–H and O–H groups in total. The molecular formula is C20H27N5O2. The van der Waals surface area contributed by atoms with Gasteiger partial charge < -0.3 is 10.2 Å². The number of benzene rings is 1. The summed E-state index contributed by atoms with van der Waals surface area (Å²) >= 11 is 0. The van der Waals surface area contributed by atoms with E-state index in [1.807, 2.05) is 30.3 Å². The summed E-state index contributed by atoms with van der Waals surface area (Å²) in [7, 11) is 0. The molecule has 2 aliphatic heterocycles. The van der Waals surface area contributed by atoms with Crippen molar-refractivity contribution in [1.29, 1.82) is 0 Å². The molecule has 1 aromatic carbocycles. The van der Waals surface area contributed by atoms with Gasteiger partial charge in [0.05, 0.1) is 17.9 Å². The molecule has 1 aromatic heterocycles. The first-order valence-electron chi connectivity index (χ1n) is 9.91. The van der Waals surface area contributed by atoms with Gasteiger partial charge in [0.15, 0.2) is 6.10 Å². The number of rotatable bonds is 6. The summed E-state index contributed by atoms with van der Waals surface area (Å²) in [6.45, 7) is 4.57. The maximum Gasteiger partial charge on any atom is 0.350 e. The molecule has 0 aliphatic carbocycles. The van der Waals surface area contributed by atoms with Crippen molar-refractivity contribution in [3.63, 3.8) is 0 Å². The van der Waals surface area contributed by atoms with E-state index in [-0.39, 0.29) is 11.8 Å². The lowest BCUT2D eigenvalue weighted by molar-refractivity contribution is 0.0687. The minimum Gasteiger partial charge on any atom is -0.390 e. The SMILES string of the molecule is CCC1=NO[C@@H](Cn2nc(CC3CCNCC3)n(-c3ccccc3)c2=O)C1. The minimum absolute atomic E-state index is 0.0984. The Morgan fingerprint density at radius 2 is 2.00 bits per heavy atom. The third kappa shape index (κ3) is 3.98. The molecule has 2 aromatic rings. The van der Waals surface area contributed by atoms with Crippen molar-refractivity contribution in [1.82, 2.24) is 19.7 Å². The first-order valence-corrected chi connectivity index (χ1v) is 9.91. The lowest BCUT2D eigenvalue weighted by atomic mass is 9.94. The number of para-hydroxylation sites is 1. The second-order valence-electron chi connectivity index (χ2n) is 7.39. The molecule has 2 aliphatic rings. The van der Waals surface area contributed by atoms with Crippen molar-refractivity contribution in [2.45, 2.75) is 51.7 Å². The molecule has 7 heteroatoms. The predicted molar refractivity (Wildman–Crippen MR) is 104 cm³/mol. The summed E-state index contributed by atoms with van der Waals surface area (Å²) in [5, 5.41) is 12.2. The van der Waals surface area contributed by atoms with Gasteiger partial charge in [0.2, 0.25) is 0 Å². The number of nitrogens with zero attached hydrogens (tertiary/aromatic N) is 4. The summed E-state index contributed by atoms with van der Waals surface area (Å²) < 4.78 is 3.32. The zero-order valence-corrected chi connectivity index (χ0v) is 15.8. The van der Waals surface area contributed by atoms with Crippen LogP contribution in [0, 0.1) is 5.92 Å². The smallest absolute Gasteiger partial charge is 0.350 e. The number of nitrogens with one attached hydrogen (secondary N) is 1. The Morgan fingerprint density at radius 1 is 1.22 bits per heavy atom. The fourth-order valence-electron chi connectivity index (χ4n) is 3.87. The number of aromatic nitrogens is 3. The molecule has 0 spiro atoms. The van der Waals surface area contributed by atoms with Crippen LogP contribution in [0.15, 0.2) is 40.3 Å². The number of hydrogen-bond acceptors (Lipinski definition) is 5. The average Bonchev–Trinajstić information content (AvgIpc) is 3.28. The van der Waals surface area contributed by atoms with Crippen LogP contribution in [0.1, 0.15) is 38.4 Å². The topological polar surface area (TPSA) is 73.4 Å². The van der Waals surface area contributed by atoms with E-state index in [0.717, 1.165) is 62.4 Å². The fraction of sp³-hybridized carbons (Fsp3) is 0.550. The van der Waals surface area contributed by atoms with E-state index in [1.54, 1.807) is 9.25 Å². The monoisotopic (exact) mass is 369 g/mol. The van der Waals surface area contributed by atoms with Crippen LogP contribution in [0.2, 0.25) is 0 Å². The molecule has 3 heterocycles. The maximum atomic E-state index is 13.1. The summed E-state index contributed by atoms with van der Waals surface area (Å²) in [4.78, 5) is 18.6. The molecule has 1 atom stereocenters. The van der Waals surface area contributed by atoms with Crippen molar-refractivity contribution in [2.24, 2.45) is 11.1 Å². The van der Waals surface area contributed by atoms with Gasteiger partial charge in [0.25, 0.3) is 0 Å². The van der Waals surface area contributed by atoms with Crippen molar-refractivity contribution in [2.75, 3.05) is 13.1 Å². The largest absolute Gasteiger partial charge is 0.390 e. The lowest BCUT2D eigenvalue weighted by Gasteiger charge is -2.22. The third-order valence-electron chi connectivity index (χ3n) is 5.43. The quantitative estimate of drug-likeness (QED) is 0.847. The van der Waals surface area contributed by atoms with Gasteiger partial charge in [-0.2, -0.15) is 5.10 Å². The molecule has 27 heavy (non-hydrogen) atoms. The molecule has 1 fully saturated rings. The van der Waals surface area contributed by atoms with Crippen LogP contribution in [0.3, 0.4) is 0 Å². The summed E-state index contributed by atoms with van der Waals surface area (Å²) in [6.07, 6.45) is 4.60. The third-order valence-corrected chi connectivity index (χ3v) is 5.43. The zero-order chi connectivity index (χ0) is 18.6. The second kappa shape index (κ2) is 8.08. The van der Waals surface area contributed by atoms with E-state index in [9.17, 15) is 4.79 Å². The first-order chi connectivity index (χ1) is 13.2.